The molecule has 0 unspecified atom stereocenters. The predicted molar refractivity (Wildman–Crippen MR) is 101 cm³/mol. The van der Waals surface area contributed by atoms with Crippen LogP contribution in [0.5, 0.6) is 0 Å². The number of aromatic nitrogens is 2. The van der Waals surface area contributed by atoms with Crippen molar-refractivity contribution < 1.29 is 14.7 Å². The first kappa shape index (κ1) is 18.3. The molecule has 0 aromatic carbocycles. The van der Waals surface area contributed by atoms with Gasteiger partial charge in [0, 0.05) is 19.3 Å². The Morgan fingerprint density at radius 2 is 2.00 bits per heavy atom. The summed E-state index contributed by atoms with van der Waals surface area (Å²) >= 11 is 1.38. The molecule has 2 amide bonds. The number of likely N-dealkylation sites (tertiary alicyclic amines) is 1. The van der Waals surface area contributed by atoms with Gasteiger partial charge in [0.25, 0.3) is 0 Å². The molecule has 26 heavy (non-hydrogen) atoms. The summed E-state index contributed by atoms with van der Waals surface area (Å²) in [5.41, 5.74) is 1.04. The summed E-state index contributed by atoms with van der Waals surface area (Å²) in [5.74, 6) is -0.929. The molecule has 7 nitrogen and oxygen atoms in total. The molecular formula is C18H22N4O3S. The van der Waals surface area contributed by atoms with Crippen LogP contribution in [-0.2, 0) is 10.2 Å². The normalized spacial score (nSPS) is 14.5. The fourth-order valence-corrected chi connectivity index (χ4v) is 3.78. The number of aliphatic carboxylic acids is 1. The molecule has 1 aliphatic heterocycles. The molecule has 2 aromatic heterocycles. The summed E-state index contributed by atoms with van der Waals surface area (Å²) in [4.78, 5) is 35.1. The largest absolute Gasteiger partial charge is 0.481 e. The van der Waals surface area contributed by atoms with Gasteiger partial charge in [0.15, 0.2) is 5.13 Å². The van der Waals surface area contributed by atoms with Crippen LogP contribution < -0.4 is 5.32 Å². The van der Waals surface area contributed by atoms with Gasteiger partial charge in [-0.25, -0.2) is 9.78 Å². The van der Waals surface area contributed by atoms with Crippen LogP contribution in [0.1, 0.15) is 38.1 Å². The molecule has 3 heterocycles. The fraction of sp³-hybridized carbons (Fsp3) is 0.444. The summed E-state index contributed by atoms with van der Waals surface area (Å²) in [6.45, 7) is 6.69. The Hall–Kier alpha value is -2.48. The number of carbonyl (C=O) groups is 2. The van der Waals surface area contributed by atoms with E-state index >= 15 is 0 Å². The Labute approximate surface area is 156 Å². The Morgan fingerprint density at radius 1 is 1.31 bits per heavy atom. The number of urea groups is 1. The second kappa shape index (κ2) is 7.03. The van der Waals surface area contributed by atoms with Crippen molar-refractivity contribution in [3.8, 4) is 10.4 Å². The number of hydrogen-bond donors (Lipinski definition) is 2. The molecule has 1 saturated heterocycles. The summed E-state index contributed by atoms with van der Waals surface area (Å²) in [5, 5.41) is 12.8. The lowest BCUT2D eigenvalue weighted by Gasteiger charge is -2.18. The summed E-state index contributed by atoms with van der Waals surface area (Å²) < 4.78 is 0. The van der Waals surface area contributed by atoms with Gasteiger partial charge in [-0.3, -0.25) is 15.1 Å². The van der Waals surface area contributed by atoms with E-state index in [4.69, 9.17) is 0 Å². The van der Waals surface area contributed by atoms with E-state index in [1.807, 2.05) is 13.0 Å². The Kier molecular flexibility index (Phi) is 4.95. The zero-order valence-electron chi connectivity index (χ0n) is 15.1. The molecule has 0 radical (unpaired) electrons. The number of pyridine rings is 1. The van der Waals surface area contributed by atoms with E-state index in [-0.39, 0.29) is 6.03 Å². The van der Waals surface area contributed by atoms with Gasteiger partial charge in [0.05, 0.1) is 16.3 Å². The highest BCUT2D eigenvalue weighted by molar-refractivity contribution is 7.19. The lowest BCUT2D eigenvalue weighted by Crippen LogP contribution is -2.32. The standard InChI is InChI=1S/C18H22N4O3S/c1-11-14(12-6-7-19-13(10-12)18(2,3)15(23)24)26-16(20-11)21-17(25)22-8-4-5-9-22/h6-7,10H,4-5,8-9H2,1-3H3,(H,23,24)(H,20,21,25). The van der Waals surface area contributed by atoms with Crippen molar-refractivity contribution in [1.82, 2.24) is 14.9 Å². The van der Waals surface area contributed by atoms with Crippen molar-refractivity contribution in [1.29, 1.82) is 0 Å². The molecule has 2 aromatic rings. The monoisotopic (exact) mass is 374 g/mol. The smallest absolute Gasteiger partial charge is 0.323 e. The van der Waals surface area contributed by atoms with Crippen LogP contribution in [0.2, 0.25) is 0 Å². The minimum atomic E-state index is -1.08. The number of nitrogens with zero attached hydrogens (tertiary/aromatic N) is 3. The maximum absolute atomic E-state index is 12.2. The molecule has 1 aliphatic rings. The van der Waals surface area contributed by atoms with Crippen LogP contribution in [0, 0.1) is 6.92 Å². The van der Waals surface area contributed by atoms with E-state index in [1.165, 1.54) is 11.3 Å². The average molecular weight is 374 g/mol. The summed E-state index contributed by atoms with van der Waals surface area (Å²) in [6, 6.07) is 3.49. The van der Waals surface area contributed by atoms with E-state index in [2.05, 4.69) is 15.3 Å². The Bertz CT molecular complexity index is 841. The van der Waals surface area contributed by atoms with Gasteiger partial charge in [-0.15, -0.1) is 0 Å². The fourth-order valence-electron chi connectivity index (χ4n) is 2.83. The maximum Gasteiger partial charge on any atom is 0.323 e. The molecule has 1 fully saturated rings. The number of rotatable bonds is 4. The highest BCUT2D eigenvalue weighted by atomic mass is 32.1. The number of carboxylic acid groups (broad SMARTS) is 1. The van der Waals surface area contributed by atoms with Crippen molar-refractivity contribution in [3.05, 3.63) is 29.7 Å². The molecule has 3 rings (SSSR count). The average Bonchev–Trinajstić information content (AvgIpc) is 3.24. The highest BCUT2D eigenvalue weighted by Gasteiger charge is 2.31. The quantitative estimate of drug-likeness (QED) is 0.854. The molecule has 8 heteroatoms. The van der Waals surface area contributed by atoms with E-state index in [1.54, 1.807) is 31.0 Å². The van der Waals surface area contributed by atoms with Gasteiger partial charge in [-0.05, 0) is 51.3 Å². The second-order valence-electron chi connectivity index (χ2n) is 6.92. The number of carboxylic acids is 1. The number of amides is 2. The SMILES string of the molecule is Cc1nc(NC(=O)N2CCCC2)sc1-c1ccnc(C(C)(C)C(=O)O)c1. The number of carbonyl (C=O) groups excluding carboxylic acids is 1. The Morgan fingerprint density at radius 3 is 2.65 bits per heavy atom. The zero-order valence-corrected chi connectivity index (χ0v) is 15.9. The third-order valence-electron chi connectivity index (χ3n) is 4.60. The molecule has 0 bridgehead atoms. The van der Waals surface area contributed by atoms with Crippen LogP contribution >= 0.6 is 11.3 Å². The third-order valence-corrected chi connectivity index (χ3v) is 5.72. The minimum absolute atomic E-state index is 0.120. The van der Waals surface area contributed by atoms with Gasteiger partial charge in [0.2, 0.25) is 0 Å². The van der Waals surface area contributed by atoms with Crippen LogP contribution in [0.4, 0.5) is 9.93 Å². The minimum Gasteiger partial charge on any atom is -0.481 e. The number of nitrogens with one attached hydrogen (secondary N) is 1. The zero-order chi connectivity index (χ0) is 18.9. The van der Waals surface area contributed by atoms with Crippen LogP contribution in [0.15, 0.2) is 18.3 Å². The molecule has 138 valence electrons. The topological polar surface area (TPSA) is 95.4 Å². The maximum atomic E-state index is 12.2. The number of hydrogen-bond acceptors (Lipinski definition) is 5. The van der Waals surface area contributed by atoms with Gasteiger partial charge in [-0.2, -0.15) is 0 Å². The molecule has 2 N–H and O–H groups in total. The lowest BCUT2D eigenvalue weighted by molar-refractivity contribution is -0.142. The van der Waals surface area contributed by atoms with Gasteiger partial charge in [-0.1, -0.05) is 11.3 Å². The molecule has 0 aliphatic carbocycles. The first-order valence-corrected chi connectivity index (χ1v) is 9.34. The first-order valence-electron chi connectivity index (χ1n) is 8.52. The van der Waals surface area contributed by atoms with Crippen molar-refractivity contribution in [2.24, 2.45) is 0 Å². The number of thiazole rings is 1. The van der Waals surface area contributed by atoms with E-state index in [0.29, 0.717) is 10.8 Å². The Balaban J connectivity index is 1.85. The van der Waals surface area contributed by atoms with Crippen LogP contribution in [0.3, 0.4) is 0 Å². The van der Waals surface area contributed by atoms with Crippen LogP contribution in [0.25, 0.3) is 10.4 Å². The van der Waals surface area contributed by atoms with Crippen molar-refractivity contribution >= 4 is 28.5 Å². The third kappa shape index (κ3) is 3.55. The predicted octanol–water partition coefficient (Wildman–Crippen LogP) is 3.50. The van der Waals surface area contributed by atoms with E-state index < -0.39 is 11.4 Å². The lowest BCUT2D eigenvalue weighted by atomic mass is 9.88. The van der Waals surface area contributed by atoms with E-state index in [9.17, 15) is 14.7 Å². The van der Waals surface area contributed by atoms with Crippen LogP contribution in [-0.4, -0.2) is 45.1 Å². The second-order valence-corrected chi connectivity index (χ2v) is 7.92. The van der Waals surface area contributed by atoms with Gasteiger partial charge < -0.3 is 10.0 Å². The summed E-state index contributed by atoms with van der Waals surface area (Å²) in [6.07, 6.45) is 3.68. The molecule has 0 atom stereocenters. The highest BCUT2D eigenvalue weighted by Crippen LogP contribution is 2.34. The first-order chi connectivity index (χ1) is 12.3. The molecule has 0 saturated carbocycles. The van der Waals surface area contributed by atoms with E-state index in [0.717, 1.165) is 42.1 Å². The molecule has 0 spiro atoms. The summed E-state index contributed by atoms with van der Waals surface area (Å²) in [7, 11) is 0. The molecular weight excluding hydrogens is 352 g/mol. The number of anilines is 1. The van der Waals surface area contributed by atoms with Crippen molar-refractivity contribution in [3.63, 3.8) is 0 Å². The van der Waals surface area contributed by atoms with Crippen molar-refractivity contribution in [2.45, 2.75) is 39.0 Å². The van der Waals surface area contributed by atoms with Crippen molar-refractivity contribution in [2.75, 3.05) is 18.4 Å². The van der Waals surface area contributed by atoms with Gasteiger partial charge in [0.1, 0.15) is 5.41 Å². The van der Waals surface area contributed by atoms with Gasteiger partial charge >= 0.3 is 12.0 Å². The number of aryl methyl sites for hydroxylation is 1.